The van der Waals surface area contributed by atoms with Gasteiger partial charge in [0.25, 0.3) is 5.91 Å². The van der Waals surface area contributed by atoms with Crippen LogP contribution in [0.15, 0.2) is 18.2 Å². The van der Waals surface area contributed by atoms with E-state index in [-0.39, 0.29) is 11.5 Å². The lowest BCUT2D eigenvalue weighted by molar-refractivity contribution is -0.110. The highest BCUT2D eigenvalue weighted by Gasteiger charge is 2.28. The average molecular weight is 343 g/mol. The summed E-state index contributed by atoms with van der Waals surface area (Å²) in [5, 5.41) is 12.9. The minimum atomic E-state index is -0.967. The molecule has 1 aliphatic heterocycles. The molecular weight excluding hydrogens is 328 g/mol. The number of H-pyrrole nitrogens is 1. The Hall–Kier alpha value is -2.53. The van der Waals surface area contributed by atoms with Crippen LogP contribution in [0.2, 0.25) is 5.02 Å². The second kappa shape index (κ2) is 5.53. The van der Waals surface area contributed by atoms with Gasteiger partial charge in [-0.1, -0.05) is 11.6 Å². The maximum Gasteiger partial charge on any atom is 0.338 e. The first-order chi connectivity index (χ1) is 11.5. The van der Waals surface area contributed by atoms with Crippen molar-refractivity contribution in [2.45, 2.75) is 25.7 Å². The largest absolute Gasteiger partial charge is 0.478 e. The fourth-order valence-electron chi connectivity index (χ4n) is 3.51. The van der Waals surface area contributed by atoms with Crippen LogP contribution in [0.1, 0.15) is 45.7 Å². The fourth-order valence-corrected chi connectivity index (χ4v) is 3.68. The summed E-state index contributed by atoms with van der Waals surface area (Å²) < 4.78 is 0. The van der Waals surface area contributed by atoms with E-state index in [1.54, 1.807) is 24.3 Å². The third-order valence-corrected chi connectivity index (χ3v) is 4.83. The minimum absolute atomic E-state index is 0.254. The van der Waals surface area contributed by atoms with Crippen LogP contribution in [0.3, 0.4) is 0 Å². The summed E-state index contributed by atoms with van der Waals surface area (Å²) in [4.78, 5) is 27.2. The third-order valence-electron chi connectivity index (χ3n) is 4.59. The number of benzene rings is 1. The van der Waals surface area contributed by atoms with E-state index < -0.39 is 5.97 Å². The molecule has 1 aromatic carbocycles. The molecule has 1 amide bonds. The van der Waals surface area contributed by atoms with Gasteiger partial charge in [-0.15, -0.1) is 0 Å². The predicted octanol–water partition coefficient (Wildman–Crippen LogP) is 3.74. The SMILES string of the molecule is O=C1Nc2ccc(Cl)cc2C1=Cc1[nH]c2c(c1C(=O)O)CCCC2. The van der Waals surface area contributed by atoms with Crippen molar-refractivity contribution in [3.05, 3.63) is 51.3 Å². The Morgan fingerprint density at radius 3 is 2.83 bits per heavy atom. The van der Waals surface area contributed by atoms with E-state index in [0.29, 0.717) is 27.5 Å². The molecule has 0 spiro atoms. The number of hydrogen-bond acceptors (Lipinski definition) is 2. The Kier molecular flexibility index (Phi) is 3.46. The van der Waals surface area contributed by atoms with Crippen LogP contribution in [0.5, 0.6) is 0 Å². The molecule has 24 heavy (non-hydrogen) atoms. The lowest BCUT2D eigenvalue weighted by Crippen LogP contribution is -2.07. The number of fused-ring (bicyclic) bond motifs is 2. The van der Waals surface area contributed by atoms with Gasteiger partial charge in [0.15, 0.2) is 0 Å². The third kappa shape index (κ3) is 2.32. The van der Waals surface area contributed by atoms with Gasteiger partial charge in [0, 0.05) is 22.0 Å². The number of hydrogen-bond donors (Lipinski definition) is 3. The molecule has 0 atom stereocenters. The molecule has 5 nitrogen and oxygen atoms in total. The lowest BCUT2D eigenvalue weighted by atomic mass is 9.94. The van der Waals surface area contributed by atoms with Gasteiger partial charge < -0.3 is 15.4 Å². The Bertz CT molecular complexity index is 911. The summed E-state index contributed by atoms with van der Waals surface area (Å²) in [6, 6.07) is 5.16. The second-order valence-corrected chi connectivity index (χ2v) is 6.52. The van der Waals surface area contributed by atoms with E-state index in [0.717, 1.165) is 36.9 Å². The number of halogens is 1. The smallest absolute Gasteiger partial charge is 0.338 e. The molecule has 0 bridgehead atoms. The number of carbonyl (C=O) groups excluding carboxylic acids is 1. The molecular formula is C18H15ClN2O3. The normalized spacial score (nSPS) is 17.5. The van der Waals surface area contributed by atoms with Crippen molar-refractivity contribution in [1.29, 1.82) is 0 Å². The van der Waals surface area contributed by atoms with Crippen molar-refractivity contribution in [2.24, 2.45) is 0 Å². The number of aromatic nitrogens is 1. The predicted molar refractivity (Wildman–Crippen MR) is 92.3 cm³/mol. The number of aryl methyl sites for hydroxylation is 1. The summed E-state index contributed by atoms with van der Waals surface area (Å²) in [6.07, 6.45) is 5.25. The van der Waals surface area contributed by atoms with Crippen LogP contribution < -0.4 is 5.32 Å². The average Bonchev–Trinajstić information content (AvgIpc) is 3.06. The highest BCUT2D eigenvalue weighted by molar-refractivity contribution is 6.36. The topological polar surface area (TPSA) is 82.2 Å². The number of aromatic amines is 1. The number of carboxylic acids is 1. The second-order valence-electron chi connectivity index (χ2n) is 6.09. The number of aromatic carboxylic acids is 1. The van der Waals surface area contributed by atoms with Crippen LogP contribution in [0, 0.1) is 0 Å². The molecule has 2 aliphatic rings. The first kappa shape index (κ1) is 15.0. The van der Waals surface area contributed by atoms with E-state index in [2.05, 4.69) is 10.3 Å². The standard InChI is InChI=1S/C18H15ClN2O3/c19-9-5-6-14-11(7-9)12(17(22)21-14)8-15-16(18(23)24)10-3-1-2-4-13(10)20-15/h5-8,20H,1-4H2,(H,21,22)(H,23,24). The zero-order valence-electron chi connectivity index (χ0n) is 12.8. The van der Waals surface area contributed by atoms with Crippen molar-refractivity contribution in [2.75, 3.05) is 5.32 Å². The Morgan fingerprint density at radius 1 is 1.25 bits per heavy atom. The first-order valence-corrected chi connectivity index (χ1v) is 8.22. The van der Waals surface area contributed by atoms with E-state index in [1.807, 2.05) is 0 Å². The molecule has 4 rings (SSSR count). The number of nitrogens with one attached hydrogen (secondary N) is 2. The molecule has 0 fully saturated rings. The van der Waals surface area contributed by atoms with Gasteiger partial charge in [-0.25, -0.2) is 4.79 Å². The first-order valence-electron chi connectivity index (χ1n) is 7.84. The molecule has 2 heterocycles. The number of rotatable bonds is 2. The van der Waals surface area contributed by atoms with Crippen LogP contribution in [-0.2, 0) is 17.6 Å². The molecule has 1 aliphatic carbocycles. The highest BCUT2D eigenvalue weighted by Crippen LogP contribution is 2.36. The molecule has 2 aromatic rings. The fraction of sp³-hybridized carbons (Fsp3) is 0.222. The van der Waals surface area contributed by atoms with Crippen LogP contribution >= 0.6 is 11.6 Å². The number of amides is 1. The zero-order chi connectivity index (χ0) is 16.8. The monoisotopic (exact) mass is 342 g/mol. The Balaban J connectivity index is 1.88. The van der Waals surface area contributed by atoms with Crippen molar-refractivity contribution in [1.82, 2.24) is 4.98 Å². The van der Waals surface area contributed by atoms with Crippen molar-refractivity contribution >= 4 is 40.8 Å². The van der Waals surface area contributed by atoms with Crippen molar-refractivity contribution in [3.8, 4) is 0 Å². The van der Waals surface area contributed by atoms with Gasteiger partial charge in [-0.05, 0) is 55.5 Å². The molecule has 0 saturated carbocycles. The van der Waals surface area contributed by atoms with Crippen LogP contribution in [0.4, 0.5) is 5.69 Å². The minimum Gasteiger partial charge on any atom is -0.478 e. The molecule has 3 N–H and O–H groups in total. The summed E-state index contributed by atoms with van der Waals surface area (Å²) in [7, 11) is 0. The van der Waals surface area contributed by atoms with Gasteiger partial charge in [-0.2, -0.15) is 0 Å². The molecule has 122 valence electrons. The van der Waals surface area contributed by atoms with Crippen LogP contribution in [0.25, 0.3) is 11.6 Å². The van der Waals surface area contributed by atoms with E-state index in [1.165, 1.54) is 0 Å². The molecule has 0 unspecified atom stereocenters. The summed E-state index contributed by atoms with van der Waals surface area (Å²) in [5.74, 6) is -1.22. The number of carbonyl (C=O) groups is 2. The van der Waals surface area contributed by atoms with E-state index in [9.17, 15) is 14.7 Å². The van der Waals surface area contributed by atoms with Crippen molar-refractivity contribution < 1.29 is 14.7 Å². The van der Waals surface area contributed by atoms with E-state index in [4.69, 9.17) is 11.6 Å². The van der Waals surface area contributed by atoms with Gasteiger partial charge in [0.05, 0.1) is 16.8 Å². The van der Waals surface area contributed by atoms with Crippen LogP contribution in [-0.4, -0.2) is 22.0 Å². The van der Waals surface area contributed by atoms with E-state index >= 15 is 0 Å². The van der Waals surface area contributed by atoms with Gasteiger partial charge in [0.1, 0.15) is 0 Å². The lowest BCUT2D eigenvalue weighted by Gasteiger charge is -2.10. The Labute approximate surface area is 143 Å². The number of anilines is 1. The molecule has 0 saturated heterocycles. The summed E-state index contributed by atoms with van der Waals surface area (Å²) >= 11 is 6.04. The quantitative estimate of drug-likeness (QED) is 0.727. The van der Waals surface area contributed by atoms with Gasteiger partial charge >= 0.3 is 5.97 Å². The van der Waals surface area contributed by atoms with Gasteiger partial charge in [0.2, 0.25) is 0 Å². The Morgan fingerprint density at radius 2 is 2.04 bits per heavy atom. The molecule has 1 aromatic heterocycles. The zero-order valence-corrected chi connectivity index (χ0v) is 13.5. The highest BCUT2D eigenvalue weighted by atomic mass is 35.5. The molecule has 6 heteroatoms. The summed E-state index contributed by atoms with van der Waals surface area (Å²) in [5.41, 5.74) is 4.39. The summed E-state index contributed by atoms with van der Waals surface area (Å²) in [6.45, 7) is 0. The molecule has 0 radical (unpaired) electrons. The van der Waals surface area contributed by atoms with Crippen molar-refractivity contribution in [3.63, 3.8) is 0 Å². The maximum absolute atomic E-state index is 12.3. The number of carboxylic acid groups (broad SMARTS) is 1. The maximum atomic E-state index is 12.3. The van der Waals surface area contributed by atoms with Gasteiger partial charge in [-0.3, -0.25) is 4.79 Å².